The van der Waals surface area contributed by atoms with E-state index in [-0.39, 0.29) is 5.56 Å². The van der Waals surface area contributed by atoms with E-state index in [4.69, 9.17) is 0 Å². The molecule has 0 aromatic carbocycles. The summed E-state index contributed by atoms with van der Waals surface area (Å²) in [6.45, 7) is 0. The van der Waals surface area contributed by atoms with Crippen LogP contribution in [-0.2, 0) is 9.53 Å². The maximum Gasteiger partial charge on any atom is 0.379 e. The Labute approximate surface area is 84.3 Å². The highest BCUT2D eigenvalue weighted by Crippen LogP contribution is 2.14. The minimum absolute atomic E-state index is 0.194. The van der Waals surface area contributed by atoms with Crippen LogP contribution < -0.4 is 0 Å². The van der Waals surface area contributed by atoms with Gasteiger partial charge in [-0.05, 0) is 0 Å². The first-order valence-corrected chi connectivity index (χ1v) is 4.13. The second-order valence-corrected chi connectivity index (χ2v) is 2.81. The van der Waals surface area contributed by atoms with Crippen molar-refractivity contribution in [1.82, 2.24) is 15.0 Å². The average Bonchev–Trinajstić information content (AvgIpc) is 2.70. The largest absolute Gasteiger partial charge is 0.463 e. The quantitative estimate of drug-likeness (QED) is 0.433. The summed E-state index contributed by atoms with van der Waals surface area (Å²) in [6, 6.07) is 0. The molecule has 2 aromatic rings. The number of ketones is 1. The Morgan fingerprint density at radius 1 is 1.47 bits per heavy atom. The standard InChI is InChI=1S/C9H7N3O3/c1-15-9(14)8(13)5-2-11-6-3-10-4-12-7(5)6/h2-4,11H,1H3. The van der Waals surface area contributed by atoms with Gasteiger partial charge in [-0.15, -0.1) is 0 Å². The zero-order valence-corrected chi connectivity index (χ0v) is 7.85. The summed E-state index contributed by atoms with van der Waals surface area (Å²) >= 11 is 0. The van der Waals surface area contributed by atoms with Crippen molar-refractivity contribution in [2.45, 2.75) is 0 Å². The molecule has 0 saturated carbocycles. The molecule has 2 aromatic heterocycles. The zero-order valence-electron chi connectivity index (χ0n) is 7.85. The average molecular weight is 205 g/mol. The van der Waals surface area contributed by atoms with Crippen LogP contribution in [0, 0.1) is 0 Å². The molecule has 0 spiro atoms. The number of carbonyl (C=O) groups excluding carboxylic acids is 2. The first kappa shape index (κ1) is 9.32. The van der Waals surface area contributed by atoms with Crippen molar-refractivity contribution >= 4 is 22.8 Å². The van der Waals surface area contributed by atoms with Crippen molar-refractivity contribution in [1.29, 1.82) is 0 Å². The molecule has 0 fully saturated rings. The molecule has 0 bridgehead atoms. The fourth-order valence-corrected chi connectivity index (χ4v) is 1.24. The molecule has 1 N–H and O–H groups in total. The number of esters is 1. The Balaban J connectivity index is 2.53. The molecule has 15 heavy (non-hydrogen) atoms. The van der Waals surface area contributed by atoms with Crippen molar-refractivity contribution in [2.24, 2.45) is 0 Å². The number of hydrogen-bond acceptors (Lipinski definition) is 5. The van der Waals surface area contributed by atoms with Crippen LogP contribution in [0.25, 0.3) is 11.0 Å². The monoisotopic (exact) mass is 205 g/mol. The Kier molecular flexibility index (Phi) is 2.17. The third kappa shape index (κ3) is 1.45. The van der Waals surface area contributed by atoms with Crippen molar-refractivity contribution in [2.75, 3.05) is 7.11 Å². The molecule has 6 nitrogen and oxygen atoms in total. The van der Waals surface area contributed by atoms with Crippen LogP contribution in [0.1, 0.15) is 10.4 Å². The Morgan fingerprint density at radius 3 is 3.00 bits per heavy atom. The summed E-state index contributed by atoms with van der Waals surface area (Å²) in [6.07, 6.45) is 4.25. The fourth-order valence-electron chi connectivity index (χ4n) is 1.24. The molecule has 0 amide bonds. The minimum atomic E-state index is -0.908. The van der Waals surface area contributed by atoms with Gasteiger partial charge in [-0.3, -0.25) is 4.79 Å². The summed E-state index contributed by atoms with van der Waals surface area (Å²) in [5.41, 5.74) is 1.21. The Morgan fingerprint density at radius 2 is 2.27 bits per heavy atom. The van der Waals surface area contributed by atoms with Crippen LogP contribution >= 0.6 is 0 Å². The van der Waals surface area contributed by atoms with E-state index in [2.05, 4.69) is 19.7 Å². The number of aromatic nitrogens is 3. The van der Waals surface area contributed by atoms with Crippen molar-refractivity contribution in [3.05, 3.63) is 24.3 Å². The summed E-state index contributed by atoms with van der Waals surface area (Å²) in [5.74, 6) is -1.63. The molecule has 76 valence electrons. The van der Waals surface area contributed by atoms with Gasteiger partial charge in [0.2, 0.25) is 0 Å². The molecule has 0 atom stereocenters. The summed E-state index contributed by atoms with van der Waals surface area (Å²) in [4.78, 5) is 33.0. The number of methoxy groups -OCH3 is 1. The second-order valence-electron chi connectivity index (χ2n) is 2.81. The second kappa shape index (κ2) is 3.49. The lowest BCUT2D eigenvalue weighted by atomic mass is 10.2. The number of carbonyl (C=O) groups is 2. The summed E-state index contributed by atoms with van der Waals surface area (Å²) in [5, 5.41) is 0. The van der Waals surface area contributed by atoms with Gasteiger partial charge in [0, 0.05) is 6.20 Å². The topological polar surface area (TPSA) is 84.9 Å². The van der Waals surface area contributed by atoms with Crippen LogP contribution in [0.2, 0.25) is 0 Å². The van der Waals surface area contributed by atoms with Crippen LogP contribution in [0.15, 0.2) is 18.7 Å². The first-order valence-electron chi connectivity index (χ1n) is 4.13. The highest BCUT2D eigenvalue weighted by molar-refractivity contribution is 6.42. The van der Waals surface area contributed by atoms with E-state index < -0.39 is 11.8 Å². The molecule has 2 heterocycles. The van der Waals surface area contributed by atoms with E-state index >= 15 is 0 Å². The highest BCUT2D eigenvalue weighted by Gasteiger charge is 2.20. The normalized spacial score (nSPS) is 10.2. The van der Waals surface area contributed by atoms with Gasteiger partial charge >= 0.3 is 5.97 Å². The predicted octanol–water partition coefficient (Wildman–Crippen LogP) is 0.314. The summed E-state index contributed by atoms with van der Waals surface area (Å²) < 4.78 is 4.34. The summed E-state index contributed by atoms with van der Waals surface area (Å²) in [7, 11) is 1.16. The fraction of sp³-hybridized carbons (Fsp3) is 0.111. The van der Waals surface area contributed by atoms with Gasteiger partial charge in [0.25, 0.3) is 5.78 Å². The zero-order chi connectivity index (χ0) is 10.8. The Bertz CT molecular complexity index is 532. The van der Waals surface area contributed by atoms with E-state index in [1.165, 1.54) is 18.7 Å². The van der Waals surface area contributed by atoms with E-state index in [9.17, 15) is 9.59 Å². The third-order valence-electron chi connectivity index (χ3n) is 1.95. The minimum Gasteiger partial charge on any atom is -0.463 e. The highest BCUT2D eigenvalue weighted by atomic mass is 16.5. The smallest absolute Gasteiger partial charge is 0.379 e. The van der Waals surface area contributed by atoms with Gasteiger partial charge in [-0.2, -0.15) is 0 Å². The van der Waals surface area contributed by atoms with Crippen LogP contribution in [0.5, 0.6) is 0 Å². The van der Waals surface area contributed by atoms with Crippen molar-refractivity contribution < 1.29 is 14.3 Å². The van der Waals surface area contributed by atoms with E-state index in [0.717, 1.165) is 7.11 Å². The maximum absolute atomic E-state index is 11.5. The Hall–Kier alpha value is -2.24. The number of nitrogens with zero attached hydrogens (tertiary/aromatic N) is 2. The van der Waals surface area contributed by atoms with Gasteiger partial charge in [0.05, 0.1) is 24.4 Å². The molecule has 0 aliphatic heterocycles. The number of aromatic amines is 1. The lowest BCUT2D eigenvalue weighted by molar-refractivity contribution is -0.135. The van der Waals surface area contributed by atoms with Gasteiger partial charge in [0.15, 0.2) is 0 Å². The molecule has 0 aliphatic rings. The van der Waals surface area contributed by atoms with Crippen molar-refractivity contribution in [3.8, 4) is 0 Å². The maximum atomic E-state index is 11.5. The first-order chi connectivity index (χ1) is 7.24. The third-order valence-corrected chi connectivity index (χ3v) is 1.95. The molecule has 2 rings (SSSR count). The van der Waals surface area contributed by atoms with Gasteiger partial charge in [0.1, 0.15) is 11.8 Å². The number of rotatable bonds is 2. The molecule has 0 unspecified atom stereocenters. The van der Waals surface area contributed by atoms with Crippen molar-refractivity contribution in [3.63, 3.8) is 0 Å². The molecular formula is C9H7N3O3. The number of nitrogens with one attached hydrogen (secondary N) is 1. The molecular weight excluding hydrogens is 198 g/mol. The van der Waals surface area contributed by atoms with Crippen LogP contribution in [0.3, 0.4) is 0 Å². The molecule has 6 heteroatoms. The molecule has 0 saturated heterocycles. The SMILES string of the molecule is COC(=O)C(=O)c1c[nH]c2cncnc12. The van der Waals surface area contributed by atoms with E-state index in [1.807, 2.05) is 0 Å². The van der Waals surface area contributed by atoms with Gasteiger partial charge < -0.3 is 9.72 Å². The van der Waals surface area contributed by atoms with Crippen LogP contribution in [0.4, 0.5) is 0 Å². The lowest BCUT2D eigenvalue weighted by Gasteiger charge is -1.95. The number of fused-ring (bicyclic) bond motifs is 1. The molecule has 0 radical (unpaired) electrons. The number of Topliss-reactive ketones (excluding diaryl/α,β-unsaturated/α-hetero) is 1. The van der Waals surface area contributed by atoms with Gasteiger partial charge in [-0.1, -0.05) is 0 Å². The molecule has 0 aliphatic carbocycles. The van der Waals surface area contributed by atoms with E-state index in [1.54, 1.807) is 0 Å². The van der Waals surface area contributed by atoms with Gasteiger partial charge in [-0.25, -0.2) is 14.8 Å². The van der Waals surface area contributed by atoms with Crippen LogP contribution in [-0.4, -0.2) is 33.8 Å². The number of hydrogen-bond donors (Lipinski definition) is 1. The number of ether oxygens (including phenoxy) is 1. The predicted molar refractivity (Wildman–Crippen MR) is 50.2 cm³/mol. The number of H-pyrrole nitrogens is 1. The van der Waals surface area contributed by atoms with E-state index in [0.29, 0.717) is 11.0 Å². The lowest BCUT2D eigenvalue weighted by Crippen LogP contribution is -2.15.